The van der Waals surface area contributed by atoms with Crippen molar-refractivity contribution in [1.29, 1.82) is 5.26 Å². The number of rotatable bonds is 7. The zero-order valence-corrected chi connectivity index (χ0v) is 11.0. The van der Waals surface area contributed by atoms with E-state index in [0.29, 0.717) is 10.6 Å². The predicted octanol–water partition coefficient (Wildman–Crippen LogP) is 2.74. The van der Waals surface area contributed by atoms with E-state index in [0.717, 1.165) is 30.2 Å². The maximum atomic E-state index is 8.70. The molecule has 0 aromatic heterocycles. The number of hydrogen-bond donors (Lipinski definition) is 2. The Morgan fingerprint density at radius 3 is 2.88 bits per heavy atom. The molecule has 0 amide bonds. The molecule has 3 nitrogen and oxygen atoms in total. The lowest BCUT2D eigenvalue weighted by Gasteiger charge is -2.08. The molecule has 1 rings (SSSR count). The van der Waals surface area contributed by atoms with Gasteiger partial charge < -0.3 is 10.4 Å². The van der Waals surface area contributed by atoms with Crippen LogP contribution in [0.15, 0.2) is 18.2 Å². The molecule has 0 unspecified atom stereocenters. The molecule has 0 saturated heterocycles. The summed E-state index contributed by atoms with van der Waals surface area (Å²) in [4.78, 5) is 0. The van der Waals surface area contributed by atoms with Gasteiger partial charge in [0.05, 0.1) is 22.3 Å². The van der Waals surface area contributed by atoms with E-state index in [-0.39, 0.29) is 6.61 Å². The standard InChI is InChI=1S/C12H15ClN2OS/c13-11-8-10(9-14)2-3-12(11)15-4-7-17-6-1-5-16/h2-3,8,15-16H,1,4-7H2. The first-order chi connectivity index (χ1) is 8.27. The van der Waals surface area contributed by atoms with Crippen molar-refractivity contribution in [2.75, 3.05) is 30.0 Å². The fourth-order valence-corrected chi connectivity index (χ4v) is 2.29. The second-order valence-corrected chi connectivity index (χ2v) is 5.05. The minimum atomic E-state index is 0.252. The van der Waals surface area contributed by atoms with Crippen molar-refractivity contribution in [3.05, 3.63) is 28.8 Å². The molecule has 0 aliphatic heterocycles. The van der Waals surface area contributed by atoms with Gasteiger partial charge in [-0.25, -0.2) is 0 Å². The van der Waals surface area contributed by atoms with Crippen molar-refractivity contribution in [3.63, 3.8) is 0 Å². The lowest BCUT2D eigenvalue weighted by atomic mass is 10.2. The van der Waals surface area contributed by atoms with Crippen LogP contribution in [0, 0.1) is 11.3 Å². The third-order valence-corrected chi connectivity index (χ3v) is 3.49. The fraction of sp³-hybridized carbons (Fsp3) is 0.417. The molecule has 5 heteroatoms. The summed E-state index contributed by atoms with van der Waals surface area (Å²) in [6.07, 6.45) is 0.836. The van der Waals surface area contributed by atoms with Gasteiger partial charge in [0.1, 0.15) is 0 Å². The molecule has 0 bridgehead atoms. The summed E-state index contributed by atoms with van der Waals surface area (Å²) >= 11 is 7.81. The number of nitriles is 1. The number of hydrogen-bond acceptors (Lipinski definition) is 4. The second kappa shape index (κ2) is 8.24. The molecule has 1 aromatic carbocycles. The fourth-order valence-electron chi connectivity index (χ4n) is 1.25. The van der Waals surface area contributed by atoms with Crippen molar-refractivity contribution in [2.24, 2.45) is 0 Å². The molecule has 0 saturated carbocycles. The number of aliphatic hydroxyl groups excluding tert-OH is 1. The summed E-state index contributed by atoms with van der Waals surface area (Å²) < 4.78 is 0. The number of benzene rings is 1. The van der Waals surface area contributed by atoms with Crippen LogP contribution in [0.1, 0.15) is 12.0 Å². The minimum absolute atomic E-state index is 0.252. The number of thioether (sulfide) groups is 1. The van der Waals surface area contributed by atoms with Crippen LogP contribution in [0.25, 0.3) is 0 Å². The molecule has 0 atom stereocenters. The average Bonchev–Trinajstić information content (AvgIpc) is 2.35. The van der Waals surface area contributed by atoms with Crippen LogP contribution in [-0.2, 0) is 0 Å². The van der Waals surface area contributed by atoms with Crippen LogP contribution in [0.2, 0.25) is 5.02 Å². The number of halogens is 1. The van der Waals surface area contributed by atoms with Gasteiger partial charge in [0, 0.05) is 18.9 Å². The molecule has 0 radical (unpaired) electrons. The molecule has 0 aliphatic carbocycles. The first-order valence-corrected chi connectivity index (χ1v) is 6.93. The lowest BCUT2D eigenvalue weighted by molar-refractivity contribution is 0.296. The summed E-state index contributed by atoms with van der Waals surface area (Å²) in [7, 11) is 0. The Hall–Kier alpha value is -0.890. The molecule has 17 heavy (non-hydrogen) atoms. The molecule has 0 aliphatic rings. The van der Waals surface area contributed by atoms with Gasteiger partial charge in [-0.1, -0.05) is 11.6 Å². The van der Waals surface area contributed by atoms with E-state index in [4.69, 9.17) is 22.0 Å². The Morgan fingerprint density at radius 1 is 1.41 bits per heavy atom. The van der Waals surface area contributed by atoms with E-state index in [2.05, 4.69) is 5.32 Å². The Bertz CT molecular complexity index is 393. The Labute approximate surface area is 111 Å². The maximum Gasteiger partial charge on any atom is 0.0992 e. The molecular formula is C12H15ClN2OS. The van der Waals surface area contributed by atoms with Crippen LogP contribution in [0.4, 0.5) is 5.69 Å². The van der Waals surface area contributed by atoms with E-state index >= 15 is 0 Å². The first-order valence-electron chi connectivity index (χ1n) is 5.40. The molecule has 1 aromatic rings. The summed E-state index contributed by atoms with van der Waals surface area (Å²) in [6, 6.07) is 7.26. The van der Waals surface area contributed by atoms with Crippen LogP contribution < -0.4 is 5.32 Å². The quantitative estimate of drug-likeness (QED) is 0.748. The summed E-state index contributed by atoms with van der Waals surface area (Å²) in [5, 5.41) is 21.1. The third-order valence-electron chi connectivity index (χ3n) is 2.11. The highest BCUT2D eigenvalue weighted by Gasteiger charge is 2.00. The van der Waals surface area contributed by atoms with Crippen molar-refractivity contribution in [1.82, 2.24) is 0 Å². The van der Waals surface area contributed by atoms with E-state index in [1.807, 2.05) is 12.1 Å². The molecule has 0 fully saturated rings. The van der Waals surface area contributed by atoms with Gasteiger partial charge >= 0.3 is 0 Å². The van der Waals surface area contributed by atoms with Gasteiger partial charge in [-0.2, -0.15) is 17.0 Å². The monoisotopic (exact) mass is 270 g/mol. The van der Waals surface area contributed by atoms with Crippen molar-refractivity contribution < 1.29 is 5.11 Å². The molecule has 2 N–H and O–H groups in total. The van der Waals surface area contributed by atoms with Gasteiger partial charge in [-0.15, -0.1) is 0 Å². The number of nitrogens with zero attached hydrogens (tertiary/aromatic N) is 1. The van der Waals surface area contributed by atoms with Crippen LogP contribution in [-0.4, -0.2) is 29.8 Å². The maximum absolute atomic E-state index is 8.70. The number of aliphatic hydroxyl groups is 1. The van der Waals surface area contributed by atoms with Gasteiger partial charge in [0.25, 0.3) is 0 Å². The highest BCUT2D eigenvalue weighted by molar-refractivity contribution is 7.99. The SMILES string of the molecule is N#Cc1ccc(NCCSCCCO)c(Cl)c1. The van der Waals surface area contributed by atoms with Crippen LogP contribution in [0.3, 0.4) is 0 Å². The summed E-state index contributed by atoms with van der Waals surface area (Å²) in [6.45, 7) is 1.07. The second-order valence-electron chi connectivity index (χ2n) is 3.42. The van der Waals surface area contributed by atoms with Crippen LogP contribution in [0.5, 0.6) is 0 Å². The topological polar surface area (TPSA) is 56.0 Å². The third kappa shape index (κ3) is 5.31. The number of anilines is 1. The van der Waals surface area contributed by atoms with Crippen molar-refractivity contribution >= 4 is 29.1 Å². The van der Waals surface area contributed by atoms with Crippen LogP contribution >= 0.6 is 23.4 Å². The van der Waals surface area contributed by atoms with Gasteiger partial charge in [0.2, 0.25) is 0 Å². The highest BCUT2D eigenvalue weighted by Crippen LogP contribution is 2.22. The summed E-state index contributed by atoms with van der Waals surface area (Å²) in [5.41, 5.74) is 1.42. The van der Waals surface area contributed by atoms with Gasteiger partial charge in [-0.05, 0) is 30.4 Å². The summed E-state index contributed by atoms with van der Waals surface area (Å²) in [5.74, 6) is 1.94. The van der Waals surface area contributed by atoms with Gasteiger partial charge in [-0.3, -0.25) is 0 Å². The molecular weight excluding hydrogens is 256 g/mol. The Kier molecular flexibility index (Phi) is 6.87. The lowest BCUT2D eigenvalue weighted by Crippen LogP contribution is -2.05. The molecule has 92 valence electrons. The van der Waals surface area contributed by atoms with Crippen molar-refractivity contribution in [2.45, 2.75) is 6.42 Å². The smallest absolute Gasteiger partial charge is 0.0992 e. The minimum Gasteiger partial charge on any atom is -0.396 e. The molecule has 0 heterocycles. The Morgan fingerprint density at radius 2 is 2.24 bits per heavy atom. The normalized spacial score (nSPS) is 9.94. The van der Waals surface area contributed by atoms with Crippen molar-refractivity contribution in [3.8, 4) is 6.07 Å². The average molecular weight is 271 g/mol. The van der Waals surface area contributed by atoms with E-state index in [1.165, 1.54) is 0 Å². The van der Waals surface area contributed by atoms with E-state index < -0.39 is 0 Å². The zero-order chi connectivity index (χ0) is 12.5. The van der Waals surface area contributed by atoms with E-state index in [9.17, 15) is 0 Å². The van der Waals surface area contributed by atoms with Gasteiger partial charge in [0.15, 0.2) is 0 Å². The Balaban J connectivity index is 2.30. The largest absolute Gasteiger partial charge is 0.396 e. The molecule has 0 spiro atoms. The number of nitrogens with one attached hydrogen (secondary N) is 1. The predicted molar refractivity (Wildman–Crippen MR) is 73.7 cm³/mol. The zero-order valence-electron chi connectivity index (χ0n) is 9.45. The van der Waals surface area contributed by atoms with E-state index in [1.54, 1.807) is 23.9 Å². The first kappa shape index (κ1) is 14.2. The highest BCUT2D eigenvalue weighted by atomic mass is 35.5.